The zero-order chi connectivity index (χ0) is 14.8. The van der Waals surface area contributed by atoms with E-state index in [1.54, 1.807) is 18.2 Å². The lowest BCUT2D eigenvalue weighted by Crippen LogP contribution is -2.46. The number of rotatable bonds is 4. The number of carbonyl (C=O) groups excluding carboxylic acids is 1. The highest BCUT2D eigenvalue weighted by Crippen LogP contribution is 2.21. The van der Waals surface area contributed by atoms with Gasteiger partial charge >= 0.3 is 0 Å². The van der Waals surface area contributed by atoms with E-state index in [9.17, 15) is 13.2 Å². The van der Waals surface area contributed by atoms with Crippen LogP contribution in [0.1, 0.15) is 30.1 Å². The van der Waals surface area contributed by atoms with Gasteiger partial charge in [0.25, 0.3) is 0 Å². The smallest absolute Gasteiger partial charge is 0.243 e. The van der Waals surface area contributed by atoms with E-state index in [4.69, 9.17) is 0 Å². The number of ketones is 1. The molecular weight excluding hydrogens is 312 g/mol. The Hall–Kier alpha value is -0.950. The first kappa shape index (κ1) is 18.1. The number of halogens is 1. The molecule has 21 heavy (non-hydrogen) atoms. The van der Waals surface area contributed by atoms with E-state index in [2.05, 4.69) is 5.32 Å². The molecule has 1 saturated heterocycles. The quantitative estimate of drug-likeness (QED) is 0.852. The number of piperidine rings is 1. The summed E-state index contributed by atoms with van der Waals surface area (Å²) in [5.41, 5.74) is 0.424. The van der Waals surface area contributed by atoms with Gasteiger partial charge in [-0.1, -0.05) is 12.1 Å². The lowest BCUT2D eigenvalue weighted by Gasteiger charge is -2.31. The second-order valence-corrected chi connectivity index (χ2v) is 7.01. The van der Waals surface area contributed by atoms with E-state index in [-0.39, 0.29) is 29.1 Å². The van der Waals surface area contributed by atoms with Gasteiger partial charge in [0.1, 0.15) is 0 Å². The van der Waals surface area contributed by atoms with Crippen LogP contribution < -0.4 is 5.32 Å². The third-order valence-electron chi connectivity index (χ3n) is 3.67. The third kappa shape index (κ3) is 4.03. The topological polar surface area (TPSA) is 66.5 Å². The molecule has 1 unspecified atom stereocenters. The number of nitrogens with zero attached hydrogens (tertiary/aromatic N) is 1. The highest BCUT2D eigenvalue weighted by Gasteiger charge is 2.29. The van der Waals surface area contributed by atoms with Gasteiger partial charge in [0, 0.05) is 24.7 Å². The second kappa shape index (κ2) is 7.35. The molecule has 0 amide bonds. The Morgan fingerprint density at radius 3 is 2.71 bits per heavy atom. The van der Waals surface area contributed by atoms with E-state index >= 15 is 0 Å². The summed E-state index contributed by atoms with van der Waals surface area (Å²) >= 11 is 0. The number of likely N-dealkylation sites (N-methyl/N-ethyl adjacent to an activating group) is 1. The minimum atomic E-state index is -3.52. The van der Waals surface area contributed by atoms with Crippen LogP contribution in [0.3, 0.4) is 0 Å². The summed E-state index contributed by atoms with van der Waals surface area (Å²) in [6.45, 7) is 2.44. The first-order valence-corrected chi connectivity index (χ1v) is 8.17. The van der Waals surface area contributed by atoms with E-state index in [1.165, 1.54) is 17.3 Å². The maximum Gasteiger partial charge on any atom is 0.243 e. The zero-order valence-corrected chi connectivity index (χ0v) is 13.8. The van der Waals surface area contributed by atoms with Crippen molar-refractivity contribution in [3.63, 3.8) is 0 Å². The Kier molecular flexibility index (Phi) is 6.34. The van der Waals surface area contributed by atoms with Crippen molar-refractivity contribution in [1.82, 2.24) is 9.62 Å². The Morgan fingerprint density at radius 2 is 2.10 bits per heavy atom. The molecule has 1 heterocycles. The molecule has 1 aliphatic rings. The fourth-order valence-electron chi connectivity index (χ4n) is 2.42. The van der Waals surface area contributed by atoms with Crippen LogP contribution in [0.4, 0.5) is 0 Å². The van der Waals surface area contributed by atoms with Crippen LogP contribution >= 0.6 is 12.4 Å². The first-order valence-electron chi connectivity index (χ1n) is 6.73. The molecule has 1 fully saturated rings. The van der Waals surface area contributed by atoms with Crippen LogP contribution in [0, 0.1) is 0 Å². The maximum atomic E-state index is 12.6. The van der Waals surface area contributed by atoms with Gasteiger partial charge in [0.05, 0.1) is 4.90 Å². The van der Waals surface area contributed by atoms with Crippen molar-refractivity contribution in [2.75, 3.05) is 20.1 Å². The normalized spacial score (nSPS) is 19.8. The molecule has 1 N–H and O–H groups in total. The predicted molar refractivity (Wildman–Crippen MR) is 84.5 cm³/mol. The Balaban J connectivity index is 0.00000220. The van der Waals surface area contributed by atoms with Crippen LogP contribution in [0.2, 0.25) is 0 Å². The summed E-state index contributed by atoms with van der Waals surface area (Å²) in [7, 11) is -1.68. The standard InChI is InChI=1S/C14H20N2O3S.ClH/c1-11(17)12-5-3-7-14(9-12)20(18,19)16-8-4-6-13(10-16)15-2;/h3,5,7,9,13,15H,4,6,8,10H2,1-2H3;1H. The van der Waals surface area contributed by atoms with Gasteiger partial charge in [0.2, 0.25) is 10.0 Å². The molecule has 0 saturated carbocycles. The highest BCUT2D eigenvalue weighted by atomic mass is 35.5. The minimum absolute atomic E-state index is 0. The molecule has 1 aromatic carbocycles. The van der Waals surface area contributed by atoms with Gasteiger partial charge in [-0.05, 0) is 38.9 Å². The lowest BCUT2D eigenvalue weighted by atomic mass is 10.1. The zero-order valence-electron chi connectivity index (χ0n) is 12.2. The average Bonchev–Trinajstić information content (AvgIpc) is 2.47. The Bertz CT molecular complexity index is 604. The molecule has 2 rings (SSSR count). The summed E-state index contributed by atoms with van der Waals surface area (Å²) in [5, 5.41) is 3.13. The Morgan fingerprint density at radius 1 is 1.38 bits per heavy atom. The van der Waals surface area contributed by atoms with E-state index in [0.29, 0.717) is 18.7 Å². The van der Waals surface area contributed by atoms with Crippen molar-refractivity contribution in [1.29, 1.82) is 0 Å². The molecular formula is C14H21ClN2O3S. The molecule has 0 bridgehead atoms. The number of carbonyl (C=O) groups is 1. The van der Waals surface area contributed by atoms with E-state index in [1.807, 2.05) is 7.05 Å². The molecule has 1 aliphatic heterocycles. The van der Waals surface area contributed by atoms with Gasteiger partial charge < -0.3 is 5.32 Å². The van der Waals surface area contributed by atoms with Crippen molar-refractivity contribution >= 4 is 28.2 Å². The Labute approximate surface area is 132 Å². The van der Waals surface area contributed by atoms with Gasteiger partial charge in [-0.25, -0.2) is 8.42 Å². The molecule has 5 nitrogen and oxygen atoms in total. The highest BCUT2D eigenvalue weighted by molar-refractivity contribution is 7.89. The average molecular weight is 333 g/mol. The van der Waals surface area contributed by atoms with Crippen LogP contribution in [0.15, 0.2) is 29.2 Å². The summed E-state index contributed by atoms with van der Waals surface area (Å²) in [6.07, 6.45) is 1.83. The van der Waals surface area contributed by atoms with Crippen molar-refractivity contribution in [3.05, 3.63) is 29.8 Å². The first-order chi connectivity index (χ1) is 9.45. The molecule has 1 aromatic rings. The lowest BCUT2D eigenvalue weighted by molar-refractivity contribution is 0.101. The summed E-state index contributed by atoms with van der Waals surface area (Å²) in [6, 6.07) is 6.44. The number of Topliss-reactive ketones (excluding diaryl/α,β-unsaturated/α-hetero) is 1. The van der Waals surface area contributed by atoms with Crippen molar-refractivity contribution in [2.45, 2.75) is 30.7 Å². The molecule has 7 heteroatoms. The number of hydrogen-bond donors (Lipinski definition) is 1. The molecule has 0 radical (unpaired) electrons. The maximum absolute atomic E-state index is 12.6. The summed E-state index contributed by atoms with van der Waals surface area (Å²) < 4.78 is 26.7. The van der Waals surface area contributed by atoms with E-state index < -0.39 is 10.0 Å². The van der Waals surface area contributed by atoms with Crippen LogP contribution in [-0.4, -0.2) is 44.7 Å². The monoisotopic (exact) mass is 332 g/mol. The predicted octanol–water partition coefficient (Wildman–Crippen LogP) is 1.68. The second-order valence-electron chi connectivity index (χ2n) is 5.07. The molecule has 118 valence electrons. The van der Waals surface area contributed by atoms with Crippen molar-refractivity contribution < 1.29 is 13.2 Å². The molecule has 0 aromatic heterocycles. The van der Waals surface area contributed by atoms with Gasteiger partial charge in [-0.2, -0.15) is 4.31 Å². The fraction of sp³-hybridized carbons (Fsp3) is 0.500. The number of sulfonamides is 1. The third-order valence-corrected chi connectivity index (χ3v) is 5.53. The van der Waals surface area contributed by atoms with Gasteiger partial charge in [0.15, 0.2) is 5.78 Å². The van der Waals surface area contributed by atoms with Gasteiger partial charge in [-0.3, -0.25) is 4.79 Å². The number of benzene rings is 1. The minimum Gasteiger partial charge on any atom is -0.316 e. The molecule has 0 spiro atoms. The van der Waals surface area contributed by atoms with Crippen LogP contribution in [0.25, 0.3) is 0 Å². The summed E-state index contributed by atoms with van der Waals surface area (Å²) in [4.78, 5) is 11.6. The van der Waals surface area contributed by atoms with Crippen LogP contribution in [0.5, 0.6) is 0 Å². The van der Waals surface area contributed by atoms with Crippen molar-refractivity contribution in [2.24, 2.45) is 0 Å². The summed E-state index contributed by atoms with van der Waals surface area (Å²) in [5.74, 6) is -0.131. The van der Waals surface area contributed by atoms with Crippen LogP contribution in [-0.2, 0) is 10.0 Å². The SMILES string of the molecule is CNC1CCCN(S(=O)(=O)c2cccc(C(C)=O)c2)C1.Cl. The van der Waals surface area contributed by atoms with E-state index in [0.717, 1.165) is 12.8 Å². The van der Waals surface area contributed by atoms with Crippen molar-refractivity contribution in [3.8, 4) is 0 Å². The largest absolute Gasteiger partial charge is 0.316 e. The molecule has 1 atom stereocenters. The van der Waals surface area contributed by atoms with Gasteiger partial charge in [-0.15, -0.1) is 12.4 Å². The molecule has 0 aliphatic carbocycles. The number of nitrogens with one attached hydrogen (secondary N) is 1. The fourth-order valence-corrected chi connectivity index (χ4v) is 3.99. The number of hydrogen-bond acceptors (Lipinski definition) is 4.